The van der Waals surface area contributed by atoms with Crippen molar-refractivity contribution in [3.05, 3.63) is 92.3 Å². The number of ether oxygens (including phenoxy) is 2. The number of amidine groups is 1. The van der Waals surface area contributed by atoms with Gasteiger partial charge in [-0.2, -0.15) is 0 Å². The Hall–Kier alpha value is -2.93. The Labute approximate surface area is 238 Å². The molecule has 4 rings (SSSR count). The number of carbonyl (C=O) groups is 1. The fourth-order valence-corrected chi connectivity index (χ4v) is 5.37. The number of aliphatic imine (C=N–C) groups is 1. The molecule has 198 valence electrons. The topological polar surface area (TPSA) is 51.1 Å². The minimum absolute atomic E-state index is 0.0274. The van der Waals surface area contributed by atoms with Gasteiger partial charge in [0.05, 0.1) is 17.2 Å². The van der Waals surface area contributed by atoms with E-state index < -0.39 is 0 Å². The highest BCUT2D eigenvalue weighted by Crippen LogP contribution is 2.37. The second kappa shape index (κ2) is 12.7. The number of hydrogen-bond donors (Lipinski definition) is 0. The summed E-state index contributed by atoms with van der Waals surface area (Å²) in [5.41, 5.74) is 3.64. The van der Waals surface area contributed by atoms with Crippen molar-refractivity contribution in [2.45, 2.75) is 46.8 Å². The van der Waals surface area contributed by atoms with Gasteiger partial charge in [0.2, 0.25) is 0 Å². The van der Waals surface area contributed by atoms with Gasteiger partial charge in [-0.05, 0) is 87.0 Å². The first-order valence-electron chi connectivity index (χ1n) is 12.5. The zero-order valence-electron chi connectivity index (χ0n) is 21.8. The van der Waals surface area contributed by atoms with Crippen molar-refractivity contribution >= 4 is 57.8 Å². The van der Waals surface area contributed by atoms with Crippen LogP contribution >= 0.6 is 35.0 Å². The summed E-state index contributed by atoms with van der Waals surface area (Å²) in [7, 11) is 0. The molecule has 1 fully saturated rings. The number of nitrogens with zero attached hydrogens (tertiary/aromatic N) is 2. The lowest BCUT2D eigenvalue weighted by molar-refractivity contribution is -0.123. The van der Waals surface area contributed by atoms with Crippen molar-refractivity contribution in [2.75, 3.05) is 6.61 Å². The average Bonchev–Trinajstić information content (AvgIpc) is 3.19. The van der Waals surface area contributed by atoms with E-state index in [9.17, 15) is 4.79 Å². The van der Waals surface area contributed by atoms with Gasteiger partial charge in [-0.15, -0.1) is 0 Å². The van der Waals surface area contributed by atoms with E-state index in [1.165, 1.54) is 11.8 Å². The Balaban J connectivity index is 1.60. The Bertz CT molecular complexity index is 1370. The minimum Gasteiger partial charge on any atom is -0.490 e. The van der Waals surface area contributed by atoms with Crippen LogP contribution in [0, 0.1) is 6.92 Å². The van der Waals surface area contributed by atoms with Gasteiger partial charge in [-0.1, -0.05) is 60.0 Å². The maximum atomic E-state index is 13.4. The molecule has 1 heterocycles. The molecule has 0 bridgehead atoms. The van der Waals surface area contributed by atoms with E-state index in [2.05, 4.69) is 6.92 Å². The Morgan fingerprint density at radius 2 is 1.76 bits per heavy atom. The van der Waals surface area contributed by atoms with E-state index in [1.807, 2.05) is 75.4 Å². The fraction of sp³-hybridized carbons (Fsp3) is 0.267. The lowest BCUT2D eigenvalue weighted by atomic mass is 10.1. The SMILES string of the molecule is CCOc1cc(/C=C2/SC(=Nc3ccc(C)cc3)N([C@@H](C)CC)C2=O)ccc1OCc1ccc(Cl)cc1Cl. The summed E-state index contributed by atoms with van der Waals surface area (Å²) in [6, 6.07) is 18.9. The van der Waals surface area contributed by atoms with Crippen LogP contribution in [0.2, 0.25) is 10.0 Å². The van der Waals surface area contributed by atoms with Crippen LogP contribution < -0.4 is 9.47 Å². The van der Waals surface area contributed by atoms with Crippen molar-refractivity contribution < 1.29 is 14.3 Å². The summed E-state index contributed by atoms with van der Waals surface area (Å²) in [4.78, 5) is 20.6. The summed E-state index contributed by atoms with van der Waals surface area (Å²) in [5.74, 6) is 1.13. The van der Waals surface area contributed by atoms with Gasteiger partial charge in [0, 0.05) is 21.7 Å². The highest BCUT2D eigenvalue weighted by molar-refractivity contribution is 8.18. The Morgan fingerprint density at radius 3 is 2.45 bits per heavy atom. The zero-order valence-corrected chi connectivity index (χ0v) is 24.2. The van der Waals surface area contributed by atoms with Crippen molar-refractivity contribution in [3.63, 3.8) is 0 Å². The lowest BCUT2D eigenvalue weighted by Crippen LogP contribution is -2.36. The summed E-state index contributed by atoms with van der Waals surface area (Å²) >= 11 is 13.7. The monoisotopic (exact) mass is 568 g/mol. The van der Waals surface area contributed by atoms with Gasteiger partial charge in [0.1, 0.15) is 6.61 Å². The number of rotatable bonds is 9. The van der Waals surface area contributed by atoms with Crippen LogP contribution in [0.4, 0.5) is 5.69 Å². The van der Waals surface area contributed by atoms with Crippen molar-refractivity contribution in [1.29, 1.82) is 0 Å². The van der Waals surface area contributed by atoms with Crippen molar-refractivity contribution in [3.8, 4) is 11.5 Å². The van der Waals surface area contributed by atoms with Crippen LogP contribution in [-0.2, 0) is 11.4 Å². The van der Waals surface area contributed by atoms with Gasteiger partial charge < -0.3 is 9.47 Å². The number of halogens is 2. The molecule has 0 N–H and O–H groups in total. The molecule has 0 radical (unpaired) electrons. The van der Waals surface area contributed by atoms with Crippen LogP contribution in [0.3, 0.4) is 0 Å². The summed E-state index contributed by atoms with van der Waals surface area (Å²) in [6.45, 7) is 8.81. The molecular formula is C30H30Cl2N2O3S. The number of thioether (sulfide) groups is 1. The lowest BCUT2D eigenvalue weighted by Gasteiger charge is -2.22. The third-order valence-corrected chi connectivity index (χ3v) is 7.66. The van der Waals surface area contributed by atoms with Gasteiger partial charge in [0.25, 0.3) is 5.91 Å². The fourth-order valence-electron chi connectivity index (χ4n) is 3.81. The molecule has 38 heavy (non-hydrogen) atoms. The molecule has 0 aliphatic carbocycles. The smallest absolute Gasteiger partial charge is 0.266 e. The maximum absolute atomic E-state index is 13.4. The van der Waals surface area contributed by atoms with Gasteiger partial charge in [-0.3, -0.25) is 9.69 Å². The highest BCUT2D eigenvalue weighted by Gasteiger charge is 2.36. The summed E-state index contributed by atoms with van der Waals surface area (Å²) < 4.78 is 11.9. The maximum Gasteiger partial charge on any atom is 0.266 e. The third kappa shape index (κ3) is 6.73. The number of carbonyl (C=O) groups excluding carboxylic acids is 1. The molecule has 5 nitrogen and oxygen atoms in total. The first-order chi connectivity index (χ1) is 18.3. The molecule has 0 spiro atoms. The van der Waals surface area contributed by atoms with Crippen LogP contribution in [0.5, 0.6) is 11.5 Å². The zero-order chi connectivity index (χ0) is 27.2. The summed E-state index contributed by atoms with van der Waals surface area (Å²) in [6.07, 6.45) is 2.70. The predicted molar refractivity (Wildman–Crippen MR) is 159 cm³/mol. The Kier molecular flexibility index (Phi) is 9.42. The molecule has 3 aromatic carbocycles. The number of aryl methyl sites for hydroxylation is 1. The molecule has 1 atom stereocenters. The van der Waals surface area contributed by atoms with Crippen LogP contribution in [0.15, 0.2) is 70.6 Å². The predicted octanol–water partition coefficient (Wildman–Crippen LogP) is 8.68. The van der Waals surface area contributed by atoms with Crippen LogP contribution in [0.25, 0.3) is 6.08 Å². The van der Waals surface area contributed by atoms with Crippen molar-refractivity contribution in [1.82, 2.24) is 4.90 Å². The Morgan fingerprint density at radius 1 is 1.00 bits per heavy atom. The molecule has 3 aromatic rings. The van der Waals surface area contributed by atoms with Gasteiger partial charge in [-0.25, -0.2) is 4.99 Å². The average molecular weight is 570 g/mol. The van der Waals surface area contributed by atoms with E-state index in [4.69, 9.17) is 37.7 Å². The molecule has 1 aliphatic heterocycles. The molecule has 0 saturated carbocycles. The number of hydrogen-bond acceptors (Lipinski definition) is 5. The number of benzene rings is 3. The molecule has 1 aliphatic rings. The molecule has 0 unspecified atom stereocenters. The van der Waals surface area contributed by atoms with E-state index >= 15 is 0 Å². The second-order valence-corrected chi connectivity index (χ2v) is 10.8. The van der Waals surface area contributed by atoms with Crippen molar-refractivity contribution in [2.24, 2.45) is 4.99 Å². The van der Waals surface area contributed by atoms with Gasteiger partial charge in [0.15, 0.2) is 16.7 Å². The molecule has 1 amide bonds. The van der Waals surface area contributed by atoms with E-state index in [0.29, 0.717) is 38.2 Å². The van der Waals surface area contributed by atoms with Crippen LogP contribution in [0.1, 0.15) is 43.9 Å². The molecule has 1 saturated heterocycles. The van der Waals surface area contributed by atoms with E-state index in [-0.39, 0.29) is 18.6 Å². The quantitative estimate of drug-likeness (QED) is 0.242. The molecule has 8 heteroatoms. The summed E-state index contributed by atoms with van der Waals surface area (Å²) in [5, 5.41) is 1.80. The second-order valence-electron chi connectivity index (χ2n) is 8.94. The first-order valence-corrected chi connectivity index (χ1v) is 14.1. The highest BCUT2D eigenvalue weighted by atomic mass is 35.5. The van der Waals surface area contributed by atoms with Gasteiger partial charge >= 0.3 is 0 Å². The standard InChI is InChI=1S/C30H30Cl2N2O3S/c1-5-20(4)34-29(35)28(38-30(34)33-24-12-7-19(3)8-13-24)16-21-9-14-26(27(15-21)36-6-2)37-18-22-10-11-23(31)17-25(22)32/h7-17,20H,5-6,18H2,1-4H3/b28-16+,33-30?/t20-/m0/s1. The number of amides is 1. The molecule has 0 aromatic heterocycles. The normalized spacial score (nSPS) is 16.4. The largest absolute Gasteiger partial charge is 0.490 e. The minimum atomic E-state index is -0.0501. The first kappa shape index (κ1) is 28.1. The van der Waals surface area contributed by atoms with E-state index in [0.717, 1.165) is 28.8 Å². The molecular weight excluding hydrogens is 539 g/mol. The van der Waals surface area contributed by atoms with E-state index in [1.54, 1.807) is 17.0 Å². The van der Waals surface area contributed by atoms with Crippen LogP contribution in [-0.4, -0.2) is 28.6 Å². The third-order valence-electron chi connectivity index (χ3n) is 6.09.